The molecular weight excluding hydrogens is 735 g/mol. The van der Waals surface area contributed by atoms with Crippen LogP contribution in [0, 0.1) is 0 Å². The molecule has 2 heterocycles. The molecule has 0 saturated carbocycles. The quantitative estimate of drug-likeness (QED) is 0.167. The highest BCUT2D eigenvalue weighted by molar-refractivity contribution is 7.27. The number of nitrogens with zero attached hydrogens (tertiary/aromatic N) is 1. The summed E-state index contributed by atoms with van der Waals surface area (Å²) in [7, 11) is 0. The number of para-hydroxylation sites is 1. The third-order valence-electron chi connectivity index (χ3n) is 11.9. The molecular formula is C56H35NOS. The Kier molecular flexibility index (Phi) is 7.75. The van der Waals surface area contributed by atoms with E-state index >= 15 is 0 Å². The summed E-state index contributed by atoms with van der Waals surface area (Å²) in [6.45, 7) is 0. The number of rotatable bonds is 6. The zero-order chi connectivity index (χ0) is 38.9. The van der Waals surface area contributed by atoms with E-state index in [1.807, 2.05) is 23.5 Å². The van der Waals surface area contributed by atoms with Crippen molar-refractivity contribution in [3.05, 3.63) is 212 Å². The molecule has 0 unspecified atom stereocenters. The van der Waals surface area contributed by atoms with Crippen molar-refractivity contribution < 1.29 is 4.42 Å². The first-order valence-corrected chi connectivity index (χ1v) is 20.9. The van der Waals surface area contributed by atoms with E-state index < -0.39 is 0 Å². The van der Waals surface area contributed by atoms with Crippen LogP contribution in [-0.2, 0) is 0 Å². The Morgan fingerprint density at radius 3 is 1.78 bits per heavy atom. The second kappa shape index (κ2) is 13.6. The fourth-order valence-electron chi connectivity index (χ4n) is 9.13. The van der Waals surface area contributed by atoms with E-state index in [2.05, 4.69) is 205 Å². The zero-order valence-corrected chi connectivity index (χ0v) is 32.8. The van der Waals surface area contributed by atoms with Gasteiger partial charge in [0.25, 0.3) is 0 Å². The molecule has 0 spiro atoms. The number of fused-ring (bicyclic) bond motifs is 8. The third kappa shape index (κ3) is 5.47. The van der Waals surface area contributed by atoms with Crippen molar-refractivity contribution in [3.63, 3.8) is 0 Å². The first kappa shape index (κ1) is 33.7. The van der Waals surface area contributed by atoms with Crippen molar-refractivity contribution in [3.8, 4) is 33.4 Å². The standard InChI is InChI=1S/C56H35NOS/c1-2-13-37(14-3-1)44-22-11-23-48-49-24-12-25-52(56(49)59-55(44)48)57(40-30-27-38(28-31-40)42-21-10-16-36-15-4-5-17-41(36)42)51-33-32-43(45-18-6-7-19-46(45)51)39-29-34-54-50(35-39)47-20-8-9-26-53(47)58-54/h1-35H. The van der Waals surface area contributed by atoms with E-state index in [1.54, 1.807) is 0 Å². The number of anilines is 3. The lowest BCUT2D eigenvalue weighted by atomic mass is 9.95. The number of hydrogen-bond acceptors (Lipinski definition) is 3. The number of benzene rings is 10. The predicted molar refractivity (Wildman–Crippen MR) is 253 cm³/mol. The van der Waals surface area contributed by atoms with E-state index in [9.17, 15) is 0 Å². The lowest BCUT2D eigenvalue weighted by Crippen LogP contribution is -2.10. The fourth-order valence-corrected chi connectivity index (χ4v) is 10.5. The summed E-state index contributed by atoms with van der Waals surface area (Å²) in [5, 5.41) is 9.69. The second-order valence-corrected chi connectivity index (χ2v) is 16.2. The number of hydrogen-bond donors (Lipinski definition) is 0. The first-order chi connectivity index (χ1) is 29.3. The molecule has 0 atom stereocenters. The Balaban J connectivity index is 1.08. The molecule has 12 rings (SSSR count). The highest BCUT2D eigenvalue weighted by Crippen LogP contribution is 2.49. The Morgan fingerprint density at radius 2 is 0.915 bits per heavy atom. The molecule has 0 N–H and O–H groups in total. The maximum absolute atomic E-state index is 6.22. The molecule has 0 aliphatic carbocycles. The first-order valence-electron chi connectivity index (χ1n) is 20.1. The summed E-state index contributed by atoms with van der Waals surface area (Å²) >= 11 is 1.89. The van der Waals surface area contributed by atoms with Crippen LogP contribution in [-0.4, -0.2) is 0 Å². The normalized spacial score (nSPS) is 11.7. The van der Waals surface area contributed by atoms with Crippen molar-refractivity contribution in [1.82, 2.24) is 0 Å². The largest absolute Gasteiger partial charge is 0.456 e. The average Bonchev–Trinajstić information content (AvgIpc) is 3.88. The van der Waals surface area contributed by atoms with Gasteiger partial charge in [0.05, 0.1) is 16.1 Å². The van der Waals surface area contributed by atoms with Crippen LogP contribution in [0.25, 0.3) is 97.0 Å². The smallest absolute Gasteiger partial charge is 0.135 e. The molecule has 0 saturated heterocycles. The van der Waals surface area contributed by atoms with Crippen LogP contribution in [0.5, 0.6) is 0 Å². The molecule has 0 bridgehead atoms. The maximum Gasteiger partial charge on any atom is 0.135 e. The molecule has 0 radical (unpaired) electrons. The van der Waals surface area contributed by atoms with Crippen LogP contribution in [0.2, 0.25) is 0 Å². The molecule has 3 heteroatoms. The molecule has 0 amide bonds. The van der Waals surface area contributed by atoms with E-state index in [4.69, 9.17) is 4.42 Å². The lowest BCUT2D eigenvalue weighted by Gasteiger charge is -2.28. The minimum absolute atomic E-state index is 0.904. The van der Waals surface area contributed by atoms with E-state index in [0.29, 0.717) is 0 Å². The summed E-state index contributed by atoms with van der Waals surface area (Å²) in [4.78, 5) is 2.48. The second-order valence-electron chi connectivity index (χ2n) is 15.2. The van der Waals surface area contributed by atoms with Gasteiger partial charge < -0.3 is 9.32 Å². The van der Waals surface area contributed by atoms with Gasteiger partial charge in [0.1, 0.15) is 11.2 Å². The summed E-state index contributed by atoms with van der Waals surface area (Å²) in [6.07, 6.45) is 0. The van der Waals surface area contributed by atoms with Crippen molar-refractivity contribution >= 4 is 92.1 Å². The monoisotopic (exact) mass is 769 g/mol. The summed E-state index contributed by atoms with van der Waals surface area (Å²) in [5.41, 5.74) is 12.5. The van der Waals surface area contributed by atoms with E-state index in [1.165, 1.54) is 69.5 Å². The minimum Gasteiger partial charge on any atom is -0.456 e. The maximum atomic E-state index is 6.22. The minimum atomic E-state index is 0.904. The van der Waals surface area contributed by atoms with Crippen molar-refractivity contribution in [1.29, 1.82) is 0 Å². The number of furan rings is 1. The zero-order valence-electron chi connectivity index (χ0n) is 32.0. The van der Waals surface area contributed by atoms with Crippen LogP contribution in [0.3, 0.4) is 0 Å². The number of thiophene rings is 1. The van der Waals surface area contributed by atoms with Gasteiger partial charge in [-0.2, -0.15) is 0 Å². The van der Waals surface area contributed by atoms with Crippen molar-refractivity contribution in [2.45, 2.75) is 0 Å². The Morgan fingerprint density at radius 1 is 0.322 bits per heavy atom. The molecule has 0 aliphatic heterocycles. The van der Waals surface area contributed by atoms with Crippen LogP contribution < -0.4 is 4.90 Å². The molecule has 276 valence electrons. The highest BCUT2D eigenvalue weighted by Gasteiger charge is 2.22. The van der Waals surface area contributed by atoms with Crippen LogP contribution >= 0.6 is 11.3 Å². The molecule has 2 nitrogen and oxygen atoms in total. The highest BCUT2D eigenvalue weighted by atomic mass is 32.1. The SMILES string of the molecule is c1ccc(-c2cccc3c2sc2c(N(c4ccc(-c5cccc6ccccc56)cc4)c4ccc(-c5ccc6oc7ccccc7c6c5)c5ccccc45)cccc23)cc1. The van der Waals surface area contributed by atoms with Gasteiger partial charge in [-0.05, 0) is 92.0 Å². The lowest BCUT2D eigenvalue weighted by molar-refractivity contribution is 0.669. The van der Waals surface area contributed by atoms with Gasteiger partial charge in [-0.15, -0.1) is 11.3 Å². The Labute approximate surface area is 345 Å². The van der Waals surface area contributed by atoms with Crippen LogP contribution in [0.1, 0.15) is 0 Å². The summed E-state index contributed by atoms with van der Waals surface area (Å²) in [5.74, 6) is 0. The molecule has 59 heavy (non-hydrogen) atoms. The van der Waals surface area contributed by atoms with Crippen molar-refractivity contribution in [2.24, 2.45) is 0 Å². The molecule has 2 aromatic heterocycles. The van der Waals surface area contributed by atoms with Crippen molar-refractivity contribution in [2.75, 3.05) is 4.90 Å². The van der Waals surface area contributed by atoms with E-state index in [0.717, 1.165) is 44.6 Å². The van der Waals surface area contributed by atoms with E-state index in [-0.39, 0.29) is 0 Å². The topological polar surface area (TPSA) is 16.4 Å². The molecule has 12 aromatic rings. The Hall–Kier alpha value is -7.46. The van der Waals surface area contributed by atoms with Gasteiger partial charge >= 0.3 is 0 Å². The molecule has 0 fully saturated rings. The van der Waals surface area contributed by atoms with Gasteiger partial charge in [0.15, 0.2) is 0 Å². The van der Waals surface area contributed by atoms with Crippen LogP contribution in [0.15, 0.2) is 217 Å². The molecule has 10 aromatic carbocycles. The van der Waals surface area contributed by atoms with Gasteiger partial charge in [-0.25, -0.2) is 0 Å². The predicted octanol–water partition coefficient (Wildman–Crippen LogP) is 16.7. The van der Waals surface area contributed by atoms with Crippen LogP contribution in [0.4, 0.5) is 17.1 Å². The Bertz CT molecular complexity index is 3550. The average molecular weight is 770 g/mol. The van der Waals surface area contributed by atoms with Gasteiger partial charge in [0.2, 0.25) is 0 Å². The third-order valence-corrected chi connectivity index (χ3v) is 13.2. The van der Waals surface area contributed by atoms with Gasteiger partial charge in [-0.3, -0.25) is 0 Å². The fraction of sp³-hybridized carbons (Fsp3) is 0. The summed E-state index contributed by atoms with van der Waals surface area (Å²) in [6, 6.07) is 77.0. The summed E-state index contributed by atoms with van der Waals surface area (Å²) < 4.78 is 8.78. The molecule has 0 aliphatic rings. The van der Waals surface area contributed by atoms with Gasteiger partial charge in [0, 0.05) is 37.3 Å². The van der Waals surface area contributed by atoms with Gasteiger partial charge in [-0.1, -0.05) is 170 Å².